The fourth-order valence-corrected chi connectivity index (χ4v) is 2.26. The molecule has 0 aliphatic heterocycles. The van der Waals surface area contributed by atoms with E-state index in [4.69, 9.17) is 14.9 Å². The van der Waals surface area contributed by atoms with E-state index < -0.39 is 30.4 Å². The van der Waals surface area contributed by atoms with Crippen molar-refractivity contribution >= 4 is 18.0 Å². The molecule has 20 heavy (non-hydrogen) atoms. The maximum atomic E-state index is 11.7. The fourth-order valence-electron chi connectivity index (χ4n) is 2.26. The number of hydrogen-bond donors (Lipinski definition) is 4. The second kappa shape index (κ2) is 6.08. The molecule has 1 rings (SSSR count). The standard InChI is InChI=1S/C12H20N2O6/c1-12(2)7(5-8(12)20-3)14-11(19)13-6(10(17)18)4-9(15)16/h6-8H,4-5H2,1-3H3,(H,15,16)(H,17,18)(H2,13,14,19)/t6-,7?,8?/m1/s1. The number of amides is 2. The maximum absolute atomic E-state index is 11.7. The molecule has 1 fully saturated rings. The molecule has 3 atom stereocenters. The third-order valence-electron chi connectivity index (χ3n) is 3.75. The lowest BCUT2D eigenvalue weighted by Gasteiger charge is -2.51. The van der Waals surface area contributed by atoms with Crippen LogP contribution in [-0.2, 0) is 14.3 Å². The van der Waals surface area contributed by atoms with Crippen LogP contribution in [0, 0.1) is 5.41 Å². The second-order valence-corrected chi connectivity index (χ2v) is 5.44. The number of nitrogens with one attached hydrogen (secondary N) is 2. The summed E-state index contributed by atoms with van der Waals surface area (Å²) >= 11 is 0. The first-order valence-corrected chi connectivity index (χ1v) is 6.23. The van der Waals surface area contributed by atoms with E-state index in [1.54, 1.807) is 7.11 Å². The van der Waals surface area contributed by atoms with E-state index in [0.29, 0.717) is 6.42 Å². The molecule has 2 amide bonds. The SMILES string of the molecule is COC1CC(NC(=O)N[C@H](CC(=O)O)C(=O)O)C1(C)C. The Morgan fingerprint density at radius 2 is 1.95 bits per heavy atom. The van der Waals surface area contributed by atoms with Gasteiger partial charge in [0.15, 0.2) is 0 Å². The van der Waals surface area contributed by atoms with Crippen LogP contribution in [0.2, 0.25) is 0 Å². The number of ether oxygens (including phenoxy) is 1. The average molecular weight is 288 g/mol. The summed E-state index contributed by atoms with van der Waals surface area (Å²) < 4.78 is 5.24. The number of carbonyl (C=O) groups is 3. The van der Waals surface area contributed by atoms with Gasteiger partial charge in [-0.3, -0.25) is 4.79 Å². The topological polar surface area (TPSA) is 125 Å². The lowest BCUT2D eigenvalue weighted by Crippen LogP contribution is -2.63. The minimum Gasteiger partial charge on any atom is -0.481 e. The Morgan fingerprint density at radius 3 is 2.35 bits per heavy atom. The van der Waals surface area contributed by atoms with Crippen LogP contribution in [0.5, 0.6) is 0 Å². The van der Waals surface area contributed by atoms with Crippen molar-refractivity contribution in [2.24, 2.45) is 5.41 Å². The highest BCUT2D eigenvalue weighted by Crippen LogP contribution is 2.42. The molecule has 0 saturated heterocycles. The highest BCUT2D eigenvalue weighted by molar-refractivity contribution is 5.86. The van der Waals surface area contributed by atoms with Gasteiger partial charge in [-0.1, -0.05) is 13.8 Å². The van der Waals surface area contributed by atoms with E-state index in [2.05, 4.69) is 10.6 Å². The van der Waals surface area contributed by atoms with E-state index in [1.165, 1.54) is 0 Å². The molecule has 8 nitrogen and oxygen atoms in total. The van der Waals surface area contributed by atoms with Crippen molar-refractivity contribution in [2.75, 3.05) is 7.11 Å². The highest BCUT2D eigenvalue weighted by atomic mass is 16.5. The van der Waals surface area contributed by atoms with Gasteiger partial charge in [0, 0.05) is 18.6 Å². The largest absolute Gasteiger partial charge is 0.481 e. The molecule has 114 valence electrons. The predicted molar refractivity (Wildman–Crippen MR) is 68.3 cm³/mol. The highest BCUT2D eigenvalue weighted by Gasteiger charge is 2.49. The lowest BCUT2D eigenvalue weighted by atomic mass is 9.64. The predicted octanol–water partition coefficient (Wildman–Crippen LogP) is 0.0270. The van der Waals surface area contributed by atoms with Crippen LogP contribution in [-0.4, -0.2) is 53.5 Å². The van der Waals surface area contributed by atoms with E-state index in [0.717, 1.165) is 0 Å². The zero-order valence-corrected chi connectivity index (χ0v) is 11.7. The minimum atomic E-state index is -1.45. The zero-order chi connectivity index (χ0) is 15.5. The fraction of sp³-hybridized carbons (Fsp3) is 0.750. The Hall–Kier alpha value is -1.83. The van der Waals surface area contributed by atoms with Crippen molar-refractivity contribution in [2.45, 2.75) is 44.9 Å². The summed E-state index contributed by atoms with van der Waals surface area (Å²) in [6, 6.07) is -2.29. The first kappa shape index (κ1) is 16.2. The number of carbonyl (C=O) groups excluding carboxylic acids is 1. The second-order valence-electron chi connectivity index (χ2n) is 5.44. The molecule has 1 saturated carbocycles. The molecule has 0 bridgehead atoms. The lowest BCUT2D eigenvalue weighted by molar-refractivity contribution is -0.145. The van der Waals surface area contributed by atoms with Gasteiger partial charge in [-0.25, -0.2) is 9.59 Å². The smallest absolute Gasteiger partial charge is 0.326 e. The molecule has 0 aromatic carbocycles. The average Bonchev–Trinajstić information content (AvgIpc) is 2.32. The van der Waals surface area contributed by atoms with Crippen molar-refractivity contribution in [3.8, 4) is 0 Å². The molecule has 1 aliphatic carbocycles. The van der Waals surface area contributed by atoms with Crippen LogP contribution in [0.1, 0.15) is 26.7 Å². The molecule has 4 N–H and O–H groups in total. The van der Waals surface area contributed by atoms with Gasteiger partial charge in [0.05, 0.1) is 12.5 Å². The summed E-state index contributed by atoms with van der Waals surface area (Å²) in [4.78, 5) is 33.1. The van der Waals surface area contributed by atoms with E-state index in [-0.39, 0.29) is 17.6 Å². The summed E-state index contributed by atoms with van der Waals surface area (Å²) in [6.07, 6.45) is -0.00690. The van der Waals surface area contributed by atoms with Gasteiger partial charge < -0.3 is 25.6 Å². The Labute approximate surface area is 116 Å². The Bertz CT molecular complexity index is 409. The normalized spacial score (nSPS) is 25.1. The van der Waals surface area contributed by atoms with Crippen molar-refractivity contribution in [3.05, 3.63) is 0 Å². The monoisotopic (exact) mass is 288 g/mol. The number of hydrogen-bond acceptors (Lipinski definition) is 4. The van der Waals surface area contributed by atoms with Gasteiger partial charge in [0.1, 0.15) is 6.04 Å². The van der Waals surface area contributed by atoms with Crippen molar-refractivity contribution < 1.29 is 29.3 Å². The van der Waals surface area contributed by atoms with E-state index in [1.807, 2.05) is 13.8 Å². The van der Waals surface area contributed by atoms with Crippen LogP contribution < -0.4 is 10.6 Å². The van der Waals surface area contributed by atoms with Gasteiger partial charge in [-0.2, -0.15) is 0 Å². The van der Waals surface area contributed by atoms with Crippen LogP contribution in [0.3, 0.4) is 0 Å². The van der Waals surface area contributed by atoms with Gasteiger partial charge in [0.25, 0.3) is 0 Å². The van der Waals surface area contributed by atoms with E-state index in [9.17, 15) is 14.4 Å². The summed E-state index contributed by atoms with van der Waals surface area (Å²) in [5.74, 6) is -2.67. The quantitative estimate of drug-likeness (QED) is 0.546. The number of carboxylic acids is 2. The van der Waals surface area contributed by atoms with E-state index >= 15 is 0 Å². The summed E-state index contributed by atoms with van der Waals surface area (Å²) in [5, 5.41) is 22.2. The number of rotatable bonds is 6. The summed E-state index contributed by atoms with van der Waals surface area (Å²) in [5.41, 5.74) is -0.252. The molecule has 0 radical (unpaired) electrons. The molecule has 8 heteroatoms. The third-order valence-corrected chi connectivity index (χ3v) is 3.75. The summed E-state index contributed by atoms with van der Waals surface area (Å²) in [7, 11) is 1.59. The number of carboxylic acid groups (broad SMARTS) is 2. The number of aliphatic carboxylic acids is 2. The molecule has 0 aromatic heterocycles. The van der Waals surface area contributed by atoms with Crippen molar-refractivity contribution in [1.29, 1.82) is 0 Å². The van der Waals surface area contributed by atoms with Crippen LogP contribution >= 0.6 is 0 Å². The van der Waals surface area contributed by atoms with Gasteiger partial charge >= 0.3 is 18.0 Å². The zero-order valence-electron chi connectivity index (χ0n) is 11.7. The molecule has 0 spiro atoms. The molecular weight excluding hydrogens is 268 g/mol. The molecule has 0 heterocycles. The summed E-state index contributed by atoms with van der Waals surface area (Å²) in [6.45, 7) is 3.86. The first-order chi connectivity index (χ1) is 9.18. The first-order valence-electron chi connectivity index (χ1n) is 6.23. The molecule has 0 aromatic rings. The van der Waals surface area contributed by atoms with Crippen molar-refractivity contribution in [3.63, 3.8) is 0 Å². The van der Waals surface area contributed by atoms with Crippen LogP contribution in [0.25, 0.3) is 0 Å². The number of methoxy groups -OCH3 is 1. The Balaban J connectivity index is 2.51. The third kappa shape index (κ3) is 3.60. The Morgan fingerprint density at radius 1 is 1.35 bits per heavy atom. The molecule has 2 unspecified atom stereocenters. The molecule has 1 aliphatic rings. The Kier molecular flexibility index (Phi) is 4.93. The minimum absolute atomic E-state index is 0.0297. The molecular formula is C12H20N2O6. The van der Waals surface area contributed by atoms with Crippen LogP contribution in [0.15, 0.2) is 0 Å². The van der Waals surface area contributed by atoms with Gasteiger partial charge in [0.2, 0.25) is 0 Å². The van der Waals surface area contributed by atoms with Crippen molar-refractivity contribution in [1.82, 2.24) is 10.6 Å². The maximum Gasteiger partial charge on any atom is 0.326 e. The number of urea groups is 1. The van der Waals surface area contributed by atoms with Gasteiger partial charge in [-0.15, -0.1) is 0 Å². The van der Waals surface area contributed by atoms with Crippen LogP contribution in [0.4, 0.5) is 4.79 Å². The van der Waals surface area contributed by atoms with Gasteiger partial charge in [-0.05, 0) is 6.42 Å².